The molecule has 178 valence electrons. The molecule has 0 radical (unpaired) electrons. The molecule has 1 amide bonds. The quantitative estimate of drug-likeness (QED) is 0.178. The first-order chi connectivity index (χ1) is 14.7. The topological polar surface area (TPSA) is 160 Å². The summed E-state index contributed by atoms with van der Waals surface area (Å²) in [6.07, 6.45) is -3.48. The van der Waals surface area contributed by atoms with E-state index >= 15 is 0 Å². The monoisotopic (exact) mass is 482 g/mol. The number of halogens is 3. The number of nitrogens with zero attached hydrogens (tertiary/aromatic N) is 3. The Bertz CT molecular complexity index is 968. The predicted octanol–water partition coefficient (Wildman–Crippen LogP) is 1.73. The molecule has 1 saturated heterocycles. The molecule has 0 bridgehead atoms. The number of aliphatic hydroxyl groups excluding tert-OH is 1. The Morgan fingerprint density at radius 3 is 2.56 bits per heavy atom. The zero-order valence-electron chi connectivity index (χ0n) is 16.9. The van der Waals surface area contributed by atoms with Crippen molar-refractivity contribution in [2.45, 2.75) is 49.5 Å². The van der Waals surface area contributed by atoms with Crippen molar-refractivity contribution in [1.82, 2.24) is 5.32 Å². The predicted molar refractivity (Wildman–Crippen MR) is 102 cm³/mol. The Hall–Kier alpha value is -2.42. The van der Waals surface area contributed by atoms with Gasteiger partial charge >= 0.3 is 15.6 Å². The Labute approximate surface area is 181 Å². The van der Waals surface area contributed by atoms with E-state index in [-0.39, 0.29) is 6.54 Å². The fourth-order valence-electron chi connectivity index (χ4n) is 3.04. The molecule has 0 unspecified atom stereocenters. The van der Waals surface area contributed by atoms with Gasteiger partial charge in [0.2, 0.25) is 5.60 Å². The minimum absolute atomic E-state index is 0.101. The van der Waals surface area contributed by atoms with E-state index in [1.807, 2.05) is 0 Å². The number of azide groups is 1. The van der Waals surface area contributed by atoms with Crippen LogP contribution in [0.15, 0.2) is 35.4 Å². The maximum absolute atomic E-state index is 13.1. The van der Waals surface area contributed by atoms with Crippen molar-refractivity contribution in [3.63, 3.8) is 0 Å². The molecule has 1 aliphatic rings. The van der Waals surface area contributed by atoms with Gasteiger partial charge in [-0.1, -0.05) is 35.4 Å². The van der Waals surface area contributed by atoms with Crippen LogP contribution in [0, 0.1) is 0 Å². The van der Waals surface area contributed by atoms with Crippen LogP contribution in [0.3, 0.4) is 0 Å². The lowest BCUT2D eigenvalue weighted by molar-refractivity contribution is -0.179. The fraction of sp³-hybridized carbons (Fsp3) is 0.588. The number of aliphatic hydroxyl groups is 1. The highest BCUT2D eigenvalue weighted by molar-refractivity contribution is 7.87. The summed E-state index contributed by atoms with van der Waals surface area (Å²) in [7, 11) is -6.11. The van der Waals surface area contributed by atoms with Gasteiger partial charge in [0.15, 0.2) is 5.79 Å². The Kier molecular flexibility index (Phi) is 7.75. The lowest BCUT2D eigenvalue weighted by Gasteiger charge is -2.33. The second-order valence-electron chi connectivity index (χ2n) is 7.24. The average molecular weight is 482 g/mol. The maximum Gasteiger partial charge on any atom is 0.523 e. The molecular formula is C17H21F3N4O7S. The number of amides is 1. The van der Waals surface area contributed by atoms with Gasteiger partial charge < -0.3 is 19.9 Å². The number of benzene rings is 1. The highest BCUT2D eigenvalue weighted by Crippen LogP contribution is 2.40. The van der Waals surface area contributed by atoms with Crippen LogP contribution >= 0.6 is 0 Å². The zero-order chi connectivity index (χ0) is 24.2. The molecule has 1 aliphatic heterocycles. The van der Waals surface area contributed by atoms with E-state index in [9.17, 15) is 31.5 Å². The summed E-state index contributed by atoms with van der Waals surface area (Å²) < 4.78 is 76.4. The van der Waals surface area contributed by atoms with Crippen molar-refractivity contribution in [3.05, 3.63) is 46.3 Å². The normalized spacial score (nSPS) is 23.9. The fourth-order valence-corrected chi connectivity index (χ4v) is 3.50. The van der Waals surface area contributed by atoms with Gasteiger partial charge in [-0.05, 0) is 24.9 Å². The molecule has 1 aromatic carbocycles. The van der Waals surface area contributed by atoms with Crippen LogP contribution in [0.25, 0.3) is 10.4 Å². The van der Waals surface area contributed by atoms with Crippen molar-refractivity contribution in [1.29, 1.82) is 0 Å². The van der Waals surface area contributed by atoms with Gasteiger partial charge in [-0.15, -0.1) is 0 Å². The van der Waals surface area contributed by atoms with Crippen molar-refractivity contribution >= 4 is 16.0 Å². The highest BCUT2D eigenvalue weighted by atomic mass is 32.2. The van der Waals surface area contributed by atoms with Gasteiger partial charge in [0.05, 0.1) is 12.6 Å². The molecule has 1 fully saturated rings. The van der Waals surface area contributed by atoms with E-state index in [0.717, 1.165) is 0 Å². The molecule has 0 aliphatic carbocycles. The van der Waals surface area contributed by atoms with Crippen molar-refractivity contribution in [2.75, 3.05) is 13.2 Å². The van der Waals surface area contributed by atoms with E-state index in [1.54, 1.807) is 30.3 Å². The van der Waals surface area contributed by atoms with Crippen LogP contribution in [-0.4, -0.2) is 61.7 Å². The van der Waals surface area contributed by atoms with Gasteiger partial charge in [-0.2, -0.15) is 21.6 Å². The summed E-state index contributed by atoms with van der Waals surface area (Å²) in [5.41, 5.74) is 0.804. The molecular weight excluding hydrogens is 461 g/mol. The summed E-state index contributed by atoms with van der Waals surface area (Å²) >= 11 is 0. The largest absolute Gasteiger partial charge is 0.523 e. The summed E-state index contributed by atoms with van der Waals surface area (Å²) in [4.78, 5) is 15.6. The third-order valence-electron chi connectivity index (χ3n) is 4.37. The number of carbonyl (C=O) groups is 1. The Balaban J connectivity index is 2.41. The Morgan fingerprint density at radius 1 is 1.38 bits per heavy atom. The van der Waals surface area contributed by atoms with Crippen LogP contribution in [0.2, 0.25) is 0 Å². The number of ether oxygens (including phenoxy) is 2. The van der Waals surface area contributed by atoms with Gasteiger partial charge in [0.1, 0.15) is 12.7 Å². The van der Waals surface area contributed by atoms with Crippen LogP contribution in [0.4, 0.5) is 13.2 Å². The van der Waals surface area contributed by atoms with Crippen molar-refractivity contribution in [3.8, 4) is 0 Å². The lowest BCUT2D eigenvalue weighted by Crippen LogP contribution is -2.60. The number of hydrogen-bond acceptors (Lipinski definition) is 8. The molecule has 1 aromatic rings. The second-order valence-corrected chi connectivity index (χ2v) is 8.85. The second kappa shape index (κ2) is 9.60. The van der Waals surface area contributed by atoms with Gasteiger partial charge in [-0.25, -0.2) is 0 Å². The van der Waals surface area contributed by atoms with Crippen LogP contribution in [0.1, 0.15) is 19.4 Å². The van der Waals surface area contributed by atoms with Gasteiger partial charge in [0, 0.05) is 11.5 Å². The number of carbonyl (C=O) groups excluding carboxylic acids is 1. The molecule has 32 heavy (non-hydrogen) atoms. The van der Waals surface area contributed by atoms with E-state index in [0.29, 0.717) is 5.56 Å². The lowest BCUT2D eigenvalue weighted by atomic mass is 9.92. The Morgan fingerprint density at radius 2 is 2.00 bits per heavy atom. The van der Waals surface area contributed by atoms with E-state index in [4.69, 9.17) is 15.0 Å². The third kappa shape index (κ3) is 5.88. The third-order valence-corrected chi connectivity index (χ3v) is 5.37. The number of hydrogen-bond donors (Lipinski definition) is 2. The summed E-state index contributed by atoms with van der Waals surface area (Å²) in [6.45, 7) is 0.392. The molecule has 0 saturated carbocycles. The number of nitrogens with one attached hydrogen (secondary N) is 1. The van der Waals surface area contributed by atoms with Crippen molar-refractivity contribution in [2.24, 2.45) is 5.11 Å². The molecule has 0 spiro atoms. The van der Waals surface area contributed by atoms with Crippen LogP contribution in [0.5, 0.6) is 0 Å². The van der Waals surface area contributed by atoms with E-state index < -0.39 is 58.3 Å². The summed E-state index contributed by atoms with van der Waals surface area (Å²) in [6, 6.07) is 8.40. The number of rotatable bonds is 9. The molecule has 1 heterocycles. The van der Waals surface area contributed by atoms with Crippen LogP contribution < -0.4 is 5.32 Å². The standard InChI is InChI=1S/C17H21F3N4O7S/c1-15(2)30-13(12(25)9-23-24-21)16(31-15,10-29-32(27,28)17(18,19)20)14(26)22-8-11-6-4-3-5-7-11/h3-7,12-13,25H,8-10H2,1-2H3,(H,22,26)/t12-,13-,16-/m1/s1. The SMILES string of the molecule is CC1(C)O[C@H]([C@H](O)CN=[N+]=[N-])[C@](COS(=O)(=O)C(F)(F)F)(C(=O)NCc2ccccc2)O1. The van der Waals surface area contributed by atoms with Gasteiger partial charge in [-0.3, -0.25) is 8.98 Å². The smallest absolute Gasteiger partial charge is 0.390 e. The molecule has 0 aromatic heterocycles. The first-order valence-electron chi connectivity index (χ1n) is 9.09. The maximum atomic E-state index is 13.1. The summed E-state index contributed by atoms with van der Waals surface area (Å²) in [5.74, 6) is -2.74. The first-order valence-corrected chi connectivity index (χ1v) is 10.5. The minimum atomic E-state index is -6.11. The van der Waals surface area contributed by atoms with Gasteiger partial charge in [0.25, 0.3) is 5.91 Å². The van der Waals surface area contributed by atoms with E-state index in [1.165, 1.54) is 13.8 Å². The minimum Gasteiger partial charge on any atom is -0.390 e. The molecule has 2 rings (SSSR count). The molecule has 2 N–H and O–H groups in total. The van der Waals surface area contributed by atoms with Crippen LogP contribution in [-0.2, 0) is 35.1 Å². The summed E-state index contributed by atoms with van der Waals surface area (Å²) in [5, 5.41) is 16.0. The molecule has 15 heteroatoms. The average Bonchev–Trinajstić information content (AvgIpc) is 3.00. The first kappa shape index (κ1) is 25.8. The van der Waals surface area contributed by atoms with Crippen molar-refractivity contribution < 1.29 is 45.1 Å². The zero-order valence-corrected chi connectivity index (χ0v) is 17.8. The molecule has 11 nitrogen and oxygen atoms in total. The van der Waals surface area contributed by atoms with E-state index in [2.05, 4.69) is 19.5 Å². The highest BCUT2D eigenvalue weighted by Gasteiger charge is 2.62. The number of alkyl halides is 3. The molecule has 3 atom stereocenters.